The fourth-order valence-electron chi connectivity index (χ4n) is 2.03. The highest BCUT2D eigenvalue weighted by Crippen LogP contribution is 2.17. The number of rotatable bonds is 4. The summed E-state index contributed by atoms with van der Waals surface area (Å²) in [6.07, 6.45) is 0.876. The number of nitrogens with two attached hydrogens (primary N) is 1. The van der Waals surface area contributed by atoms with Crippen molar-refractivity contribution in [2.75, 3.05) is 12.8 Å². The monoisotopic (exact) mass is 288 g/mol. The van der Waals surface area contributed by atoms with Crippen LogP contribution in [0.15, 0.2) is 35.7 Å². The third-order valence-corrected chi connectivity index (χ3v) is 4.48. The third kappa shape index (κ3) is 3.20. The Bertz CT molecular complexity index is 593. The molecule has 0 aliphatic heterocycles. The minimum atomic E-state index is 0.0146. The van der Waals surface area contributed by atoms with Crippen molar-refractivity contribution in [2.45, 2.75) is 26.3 Å². The Kier molecular flexibility index (Phi) is 4.45. The smallest absolute Gasteiger partial charge is 0.253 e. The molecule has 0 saturated heterocycles. The first-order chi connectivity index (χ1) is 9.49. The number of nitrogens with zero attached hydrogens (tertiary/aromatic N) is 1. The Morgan fingerprint density at radius 1 is 1.40 bits per heavy atom. The molecule has 0 fully saturated rings. The lowest BCUT2D eigenvalue weighted by molar-refractivity contribution is 0.0744. The topological polar surface area (TPSA) is 46.3 Å². The van der Waals surface area contributed by atoms with Gasteiger partial charge in [-0.2, -0.15) is 0 Å². The van der Waals surface area contributed by atoms with Crippen molar-refractivity contribution in [3.63, 3.8) is 0 Å². The maximum Gasteiger partial charge on any atom is 0.253 e. The molecule has 0 radical (unpaired) electrons. The maximum atomic E-state index is 12.5. The van der Waals surface area contributed by atoms with Crippen molar-refractivity contribution in [2.24, 2.45) is 0 Å². The number of amides is 1. The molecule has 1 atom stereocenters. The first-order valence-corrected chi connectivity index (χ1v) is 7.52. The molecule has 4 heteroatoms. The third-order valence-electron chi connectivity index (χ3n) is 3.58. The molecule has 20 heavy (non-hydrogen) atoms. The molecule has 1 unspecified atom stereocenters. The van der Waals surface area contributed by atoms with E-state index in [1.54, 1.807) is 22.3 Å². The molecule has 1 amide bonds. The van der Waals surface area contributed by atoms with Crippen LogP contribution in [0.1, 0.15) is 27.7 Å². The molecule has 0 spiro atoms. The zero-order valence-electron chi connectivity index (χ0n) is 12.1. The highest BCUT2D eigenvalue weighted by atomic mass is 32.1. The van der Waals surface area contributed by atoms with Gasteiger partial charge in [0.05, 0.1) is 0 Å². The van der Waals surface area contributed by atoms with Gasteiger partial charge < -0.3 is 10.6 Å². The summed E-state index contributed by atoms with van der Waals surface area (Å²) in [6.45, 7) is 4.00. The van der Waals surface area contributed by atoms with Crippen LogP contribution in [-0.2, 0) is 6.42 Å². The number of aryl methyl sites for hydroxylation is 1. The van der Waals surface area contributed by atoms with Gasteiger partial charge in [0.25, 0.3) is 5.91 Å². The fraction of sp³-hybridized carbons (Fsp3) is 0.312. The number of nitrogen functional groups attached to an aromatic ring is 1. The largest absolute Gasteiger partial charge is 0.398 e. The van der Waals surface area contributed by atoms with Crippen molar-refractivity contribution in [1.29, 1.82) is 0 Å². The molecule has 1 aromatic heterocycles. The molecule has 2 aromatic rings. The Morgan fingerprint density at radius 2 is 2.15 bits per heavy atom. The average molecular weight is 288 g/mol. The molecule has 106 valence electrons. The van der Waals surface area contributed by atoms with Crippen molar-refractivity contribution in [3.8, 4) is 0 Å². The molecule has 0 aliphatic rings. The first kappa shape index (κ1) is 14.6. The van der Waals surface area contributed by atoms with Crippen LogP contribution in [0.5, 0.6) is 0 Å². The number of anilines is 1. The van der Waals surface area contributed by atoms with E-state index in [-0.39, 0.29) is 11.9 Å². The van der Waals surface area contributed by atoms with Gasteiger partial charge in [-0.3, -0.25) is 4.79 Å². The molecule has 0 bridgehead atoms. The zero-order valence-corrected chi connectivity index (χ0v) is 12.9. The SMILES string of the molecule is Cc1ccc(C(=O)N(C)C(C)Cc2cccs2)cc1N. The van der Waals surface area contributed by atoms with Gasteiger partial charge in [-0.1, -0.05) is 12.1 Å². The summed E-state index contributed by atoms with van der Waals surface area (Å²) in [5.41, 5.74) is 8.18. The molecule has 1 heterocycles. The van der Waals surface area contributed by atoms with Crippen LogP contribution in [0.25, 0.3) is 0 Å². The molecule has 0 aliphatic carbocycles. The minimum Gasteiger partial charge on any atom is -0.398 e. The highest BCUT2D eigenvalue weighted by molar-refractivity contribution is 7.09. The van der Waals surface area contributed by atoms with Crippen LogP contribution in [0, 0.1) is 6.92 Å². The van der Waals surface area contributed by atoms with E-state index in [4.69, 9.17) is 5.73 Å². The van der Waals surface area contributed by atoms with Gasteiger partial charge in [-0.25, -0.2) is 0 Å². The molecule has 2 N–H and O–H groups in total. The summed E-state index contributed by atoms with van der Waals surface area (Å²) in [5, 5.41) is 2.06. The summed E-state index contributed by atoms with van der Waals surface area (Å²) in [5.74, 6) is 0.0146. The van der Waals surface area contributed by atoms with Crippen molar-refractivity contribution >= 4 is 22.9 Å². The number of thiophene rings is 1. The Balaban J connectivity index is 2.09. The number of hydrogen-bond donors (Lipinski definition) is 1. The zero-order chi connectivity index (χ0) is 14.7. The highest BCUT2D eigenvalue weighted by Gasteiger charge is 2.18. The minimum absolute atomic E-state index is 0.0146. The van der Waals surface area contributed by atoms with Gasteiger partial charge in [0.15, 0.2) is 0 Å². The molecular weight excluding hydrogens is 268 g/mol. The fourth-order valence-corrected chi connectivity index (χ4v) is 2.86. The lowest BCUT2D eigenvalue weighted by Gasteiger charge is -2.25. The first-order valence-electron chi connectivity index (χ1n) is 6.64. The van der Waals surface area contributed by atoms with Crippen LogP contribution >= 0.6 is 11.3 Å². The number of likely N-dealkylation sites (N-methyl/N-ethyl adjacent to an activating group) is 1. The van der Waals surface area contributed by atoms with Crippen molar-refractivity contribution in [1.82, 2.24) is 4.90 Å². The van der Waals surface area contributed by atoms with E-state index in [0.717, 1.165) is 12.0 Å². The predicted molar refractivity (Wildman–Crippen MR) is 85.2 cm³/mol. The Labute approximate surface area is 124 Å². The quantitative estimate of drug-likeness (QED) is 0.877. The van der Waals surface area contributed by atoms with Gasteiger partial charge in [0.2, 0.25) is 0 Å². The second kappa shape index (κ2) is 6.09. The van der Waals surface area contributed by atoms with E-state index in [1.807, 2.05) is 32.2 Å². The van der Waals surface area contributed by atoms with Crippen molar-refractivity contribution < 1.29 is 4.79 Å². The Morgan fingerprint density at radius 3 is 2.75 bits per heavy atom. The van der Waals surface area contributed by atoms with Crippen LogP contribution in [-0.4, -0.2) is 23.9 Å². The second-order valence-electron chi connectivity index (χ2n) is 5.12. The number of carbonyl (C=O) groups is 1. The number of benzene rings is 1. The van der Waals surface area contributed by atoms with Crippen LogP contribution in [0.3, 0.4) is 0 Å². The summed E-state index contributed by atoms with van der Waals surface area (Å²) < 4.78 is 0. The average Bonchev–Trinajstić information content (AvgIpc) is 2.93. The normalized spacial score (nSPS) is 12.2. The van der Waals surface area contributed by atoms with Crippen LogP contribution < -0.4 is 5.73 Å². The summed E-state index contributed by atoms with van der Waals surface area (Å²) in [7, 11) is 1.84. The molecule has 3 nitrogen and oxygen atoms in total. The van der Waals surface area contributed by atoms with Crippen LogP contribution in [0.4, 0.5) is 5.69 Å². The lowest BCUT2D eigenvalue weighted by Crippen LogP contribution is -2.36. The van der Waals surface area contributed by atoms with E-state index in [1.165, 1.54) is 4.88 Å². The molecule has 1 aromatic carbocycles. The predicted octanol–water partition coefficient (Wildman–Crippen LogP) is 3.34. The van der Waals surface area contributed by atoms with Gasteiger partial charge in [-0.05, 0) is 43.0 Å². The number of carbonyl (C=O) groups excluding carboxylic acids is 1. The molecular formula is C16H20N2OS. The molecule has 0 saturated carbocycles. The van der Waals surface area contributed by atoms with E-state index in [2.05, 4.69) is 18.4 Å². The van der Waals surface area contributed by atoms with Crippen LogP contribution in [0.2, 0.25) is 0 Å². The van der Waals surface area contributed by atoms with Gasteiger partial charge >= 0.3 is 0 Å². The van der Waals surface area contributed by atoms with E-state index < -0.39 is 0 Å². The Hall–Kier alpha value is -1.81. The summed E-state index contributed by atoms with van der Waals surface area (Å²) >= 11 is 1.72. The van der Waals surface area contributed by atoms with Gasteiger partial charge in [-0.15, -0.1) is 11.3 Å². The van der Waals surface area contributed by atoms with E-state index >= 15 is 0 Å². The standard InChI is InChI=1S/C16H20N2OS/c1-11-6-7-13(10-15(11)17)16(19)18(3)12(2)9-14-5-4-8-20-14/h4-8,10,12H,9,17H2,1-3H3. The summed E-state index contributed by atoms with van der Waals surface area (Å²) in [6, 6.07) is 9.77. The van der Waals surface area contributed by atoms with Gasteiger partial charge in [0.1, 0.15) is 0 Å². The molecule has 2 rings (SSSR count). The maximum absolute atomic E-state index is 12.5. The van der Waals surface area contributed by atoms with E-state index in [0.29, 0.717) is 11.3 Å². The lowest BCUT2D eigenvalue weighted by atomic mass is 10.1. The summed E-state index contributed by atoms with van der Waals surface area (Å²) in [4.78, 5) is 15.5. The number of hydrogen-bond acceptors (Lipinski definition) is 3. The van der Waals surface area contributed by atoms with E-state index in [9.17, 15) is 4.79 Å². The van der Waals surface area contributed by atoms with Crippen molar-refractivity contribution in [3.05, 3.63) is 51.7 Å². The second-order valence-corrected chi connectivity index (χ2v) is 6.15. The van der Waals surface area contributed by atoms with Gasteiger partial charge in [0, 0.05) is 35.6 Å².